The van der Waals surface area contributed by atoms with Crippen molar-refractivity contribution < 1.29 is 4.79 Å². The number of hydrogen-bond donors (Lipinski definition) is 1. The lowest BCUT2D eigenvalue weighted by Crippen LogP contribution is -2.38. The third-order valence-electron chi connectivity index (χ3n) is 3.15. The molecule has 1 aromatic rings. The van der Waals surface area contributed by atoms with Crippen LogP contribution >= 0.6 is 39.1 Å². The maximum absolute atomic E-state index is 12.3. The number of amides is 1. The Morgan fingerprint density at radius 2 is 2.16 bits per heavy atom. The second-order valence-electron chi connectivity index (χ2n) is 4.48. The van der Waals surface area contributed by atoms with Gasteiger partial charge >= 0.3 is 0 Å². The standard InChI is InChI=1S/C13H15BrCl2N2O/c1-2-6-17-9-5-7-18(13(9)19)10-4-3-8(14)11(15)12(10)16/h3-4,9,17H,2,5-7H2,1H3. The normalized spacial score (nSPS) is 19.3. The molecule has 0 radical (unpaired) electrons. The minimum absolute atomic E-state index is 0.0636. The van der Waals surface area contributed by atoms with E-state index in [1.54, 1.807) is 4.90 Å². The molecular weight excluding hydrogens is 351 g/mol. The quantitative estimate of drug-likeness (QED) is 0.821. The molecule has 1 aromatic carbocycles. The van der Waals surface area contributed by atoms with Crippen molar-refractivity contribution in [1.82, 2.24) is 5.32 Å². The first-order chi connectivity index (χ1) is 9.06. The summed E-state index contributed by atoms with van der Waals surface area (Å²) in [5, 5.41) is 4.11. The van der Waals surface area contributed by atoms with Crippen LogP contribution in [-0.2, 0) is 4.79 Å². The highest BCUT2D eigenvalue weighted by Crippen LogP contribution is 2.39. The van der Waals surface area contributed by atoms with Crippen LogP contribution in [0.25, 0.3) is 0 Å². The van der Waals surface area contributed by atoms with Gasteiger partial charge in [0.05, 0.1) is 21.8 Å². The zero-order chi connectivity index (χ0) is 14.0. The third kappa shape index (κ3) is 3.07. The number of carbonyl (C=O) groups excluding carboxylic acids is 1. The van der Waals surface area contributed by atoms with E-state index < -0.39 is 0 Å². The van der Waals surface area contributed by atoms with Gasteiger partial charge in [-0.1, -0.05) is 30.1 Å². The van der Waals surface area contributed by atoms with Gasteiger partial charge in [-0.05, 0) is 47.4 Å². The maximum Gasteiger partial charge on any atom is 0.244 e. The lowest BCUT2D eigenvalue weighted by Gasteiger charge is -2.19. The topological polar surface area (TPSA) is 32.3 Å². The van der Waals surface area contributed by atoms with Gasteiger partial charge in [-0.25, -0.2) is 0 Å². The smallest absolute Gasteiger partial charge is 0.244 e. The molecule has 1 N–H and O–H groups in total. The maximum atomic E-state index is 12.3. The predicted molar refractivity (Wildman–Crippen MR) is 83.2 cm³/mol. The molecule has 1 aliphatic heterocycles. The van der Waals surface area contributed by atoms with Crippen LogP contribution in [0, 0.1) is 0 Å². The summed E-state index contributed by atoms with van der Waals surface area (Å²) in [7, 11) is 0. The summed E-state index contributed by atoms with van der Waals surface area (Å²) in [5.74, 6) is 0.0636. The number of nitrogens with one attached hydrogen (secondary N) is 1. The van der Waals surface area contributed by atoms with E-state index in [1.165, 1.54) is 0 Å². The molecule has 3 nitrogen and oxygen atoms in total. The number of hydrogen-bond acceptors (Lipinski definition) is 2. The van der Waals surface area contributed by atoms with E-state index in [9.17, 15) is 4.79 Å². The molecule has 6 heteroatoms. The molecule has 104 valence electrons. The van der Waals surface area contributed by atoms with Crippen LogP contribution in [0.1, 0.15) is 19.8 Å². The summed E-state index contributed by atoms with van der Waals surface area (Å²) in [4.78, 5) is 14.0. The van der Waals surface area contributed by atoms with Crippen molar-refractivity contribution in [3.63, 3.8) is 0 Å². The molecule has 0 bridgehead atoms. The lowest BCUT2D eigenvalue weighted by molar-refractivity contribution is -0.118. The van der Waals surface area contributed by atoms with Gasteiger partial charge in [0.25, 0.3) is 0 Å². The molecule has 1 saturated heterocycles. The van der Waals surface area contributed by atoms with Crippen molar-refractivity contribution in [3.8, 4) is 0 Å². The second-order valence-corrected chi connectivity index (χ2v) is 6.09. The molecule has 1 aliphatic rings. The molecule has 19 heavy (non-hydrogen) atoms. The van der Waals surface area contributed by atoms with E-state index in [2.05, 4.69) is 28.2 Å². The van der Waals surface area contributed by atoms with Gasteiger partial charge in [-0.3, -0.25) is 4.79 Å². The van der Waals surface area contributed by atoms with Gasteiger partial charge in [-0.15, -0.1) is 0 Å². The molecule has 1 heterocycles. The molecule has 2 rings (SSSR count). The molecule has 0 aromatic heterocycles. The summed E-state index contributed by atoms with van der Waals surface area (Å²) in [6.07, 6.45) is 1.80. The van der Waals surface area contributed by atoms with E-state index in [1.807, 2.05) is 12.1 Å². The molecule has 1 atom stereocenters. The second kappa shape index (κ2) is 6.44. The van der Waals surface area contributed by atoms with Crippen LogP contribution < -0.4 is 10.2 Å². The van der Waals surface area contributed by atoms with Crippen LogP contribution in [0.5, 0.6) is 0 Å². The van der Waals surface area contributed by atoms with Gasteiger partial charge in [0.1, 0.15) is 0 Å². The van der Waals surface area contributed by atoms with Gasteiger partial charge < -0.3 is 10.2 Å². The molecular formula is C13H15BrCl2N2O. The van der Waals surface area contributed by atoms with Crippen LogP contribution in [0.4, 0.5) is 5.69 Å². The summed E-state index contributed by atoms with van der Waals surface area (Å²) >= 11 is 15.6. The number of nitrogens with zero attached hydrogens (tertiary/aromatic N) is 1. The van der Waals surface area contributed by atoms with Crippen molar-refractivity contribution in [3.05, 3.63) is 26.7 Å². The minimum Gasteiger partial charge on any atom is -0.309 e. The Kier molecular flexibility index (Phi) is 5.12. The minimum atomic E-state index is -0.113. The van der Waals surface area contributed by atoms with E-state index >= 15 is 0 Å². The zero-order valence-electron chi connectivity index (χ0n) is 10.5. The molecule has 1 unspecified atom stereocenters. The Labute approximate surface area is 131 Å². The number of anilines is 1. The van der Waals surface area contributed by atoms with Crippen molar-refractivity contribution in [1.29, 1.82) is 0 Å². The summed E-state index contributed by atoms with van der Waals surface area (Å²) in [6.45, 7) is 3.59. The summed E-state index contributed by atoms with van der Waals surface area (Å²) in [6, 6.07) is 3.51. The van der Waals surface area contributed by atoms with Crippen LogP contribution in [-0.4, -0.2) is 25.0 Å². The first kappa shape index (κ1) is 15.1. The highest BCUT2D eigenvalue weighted by atomic mass is 79.9. The predicted octanol–water partition coefficient (Wildman–Crippen LogP) is 3.86. The fourth-order valence-electron chi connectivity index (χ4n) is 2.15. The summed E-state index contributed by atoms with van der Waals surface area (Å²) < 4.78 is 0.732. The zero-order valence-corrected chi connectivity index (χ0v) is 13.6. The van der Waals surface area contributed by atoms with Crippen molar-refractivity contribution in [2.24, 2.45) is 0 Å². The van der Waals surface area contributed by atoms with Crippen LogP contribution in [0.15, 0.2) is 16.6 Å². The van der Waals surface area contributed by atoms with E-state index in [0.29, 0.717) is 22.3 Å². The summed E-state index contributed by atoms with van der Waals surface area (Å²) in [5.41, 5.74) is 0.681. The van der Waals surface area contributed by atoms with Gasteiger partial charge in [0.15, 0.2) is 0 Å². The van der Waals surface area contributed by atoms with E-state index in [0.717, 1.165) is 23.9 Å². The largest absolute Gasteiger partial charge is 0.309 e. The SMILES string of the molecule is CCCNC1CCN(c2ccc(Br)c(Cl)c2Cl)C1=O. The van der Waals surface area contributed by atoms with Gasteiger partial charge in [0.2, 0.25) is 5.91 Å². The van der Waals surface area contributed by atoms with Gasteiger partial charge in [-0.2, -0.15) is 0 Å². The Bertz CT molecular complexity index is 496. The first-order valence-electron chi connectivity index (χ1n) is 6.24. The Balaban J connectivity index is 2.20. The number of rotatable bonds is 4. The number of benzene rings is 1. The van der Waals surface area contributed by atoms with Crippen molar-refractivity contribution >= 4 is 50.7 Å². The van der Waals surface area contributed by atoms with Gasteiger partial charge in [0, 0.05) is 11.0 Å². The van der Waals surface area contributed by atoms with Crippen molar-refractivity contribution in [2.45, 2.75) is 25.8 Å². The Morgan fingerprint density at radius 1 is 1.42 bits per heavy atom. The fourth-order valence-corrected chi connectivity index (χ4v) is 3.02. The molecule has 1 fully saturated rings. The number of halogens is 3. The Hall–Kier alpha value is -0.290. The molecule has 0 spiro atoms. The average Bonchev–Trinajstić information content (AvgIpc) is 2.75. The average molecular weight is 366 g/mol. The lowest BCUT2D eigenvalue weighted by atomic mass is 10.2. The number of carbonyl (C=O) groups is 1. The highest BCUT2D eigenvalue weighted by Gasteiger charge is 2.33. The first-order valence-corrected chi connectivity index (χ1v) is 7.79. The molecule has 1 amide bonds. The Morgan fingerprint density at radius 3 is 2.84 bits per heavy atom. The van der Waals surface area contributed by atoms with E-state index in [-0.39, 0.29) is 11.9 Å². The highest BCUT2D eigenvalue weighted by molar-refractivity contribution is 9.10. The fraction of sp³-hybridized carbons (Fsp3) is 0.462. The third-order valence-corrected chi connectivity index (χ3v) is 4.91. The van der Waals surface area contributed by atoms with Crippen LogP contribution in [0.2, 0.25) is 10.0 Å². The molecule has 0 saturated carbocycles. The van der Waals surface area contributed by atoms with E-state index in [4.69, 9.17) is 23.2 Å². The van der Waals surface area contributed by atoms with Crippen LogP contribution in [0.3, 0.4) is 0 Å². The monoisotopic (exact) mass is 364 g/mol. The van der Waals surface area contributed by atoms with Crippen molar-refractivity contribution in [2.75, 3.05) is 18.0 Å². The molecule has 0 aliphatic carbocycles.